The van der Waals surface area contributed by atoms with Crippen molar-refractivity contribution in [3.63, 3.8) is 0 Å². The van der Waals surface area contributed by atoms with Gasteiger partial charge in [-0.1, -0.05) is 13.2 Å². The summed E-state index contributed by atoms with van der Waals surface area (Å²) in [6.07, 6.45) is -0.985. The van der Waals surface area contributed by atoms with Gasteiger partial charge in [0, 0.05) is 22.7 Å². The number of amides is 2. The van der Waals surface area contributed by atoms with Crippen LogP contribution in [0.15, 0.2) is 24.3 Å². The molecule has 1 saturated heterocycles. The number of carbonyl (C=O) groups excluding carboxylic acids is 5. The molecule has 0 aromatic heterocycles. The largest absolute Gasteiger partial charge is 0.460 e. The molecule has 0 atom stereocenters. The fourth-order valence-corrected chi connectivity index (χ4v) is 4.91. The fraction of sp³-hybridized carbons (Fsp3) is 0.640. The van der Waals surface area contributed by atoms with Crippen molar-refractivity contribution in [3.05, 3.63) is 24.3 Å². The molecule has 1 fully saturated rings. The molecule has 39 heavy (non-hydrogen) atoms. The number of alkyl carbamates (subject to hydrolysis) is 2. The summed E-state index contributed by atoms with van der Waals surface area (Å²) in [7, 11) is 0. The van der Waals surface area contributed by atoms with Crippen LogP contribution in [0.5, 0.6) is 0 Å². The predicted octanol–water partition coefficient (Wildman–Crippen LogP) is 2.47. The van der Waals surface area contributed by atoms with Gasteiger partial charge < -0.3 is 34.3 Å². The molecule has 0 unspecified atom stereocenters. The third kappa shape index (κ3) is 14.7. The van der Waals surface area contributed by atoms with Gasteiger partial charge in [0.05, 0.1) is 13.1 Å². The summed E-state index contributed by atoms with van der Waals surface area (Å²) >= 11 is 3.38. The zero-order valence-corrected chi connectivity index (χ0v) is 24.3. The maximum atomic E-state index is 13.2. The molecule has 1 aliphatic rings. The molecule has 1 heterocycles. The minimum absolute atomic E-state index is 0.0234. The molecule has 12 nitrogen and oxygen atoms in total. The van der Waals surface area contributed by atoms with Gasteiger partial charge in [-0.3, -0.25) is 4.79 Å². The Morgan fingerprint density at radius 3 is 1.64 bits per heavy atom. The summed E-state index contributed by atoms with van der Waals surface area (Å²) in [6.45, 7) is 10.3. The number of carbonyl (C=O) groups is 5. The predicted molar refractivity (Wildman–Crippen MR) is 148 cm³/mol. The van der Waals surface area contributed by atoms with E-state index in [9.17, 15) is 24.0 Å². The summed E-state index contributed by atoms with van der Waals surface area (Å²) in [6, 6.07) is 0. The van der Waals surface area contributed by atoms with E-state index >= 15 is 0 Å². The standard InChI is InChI=1S/C25H38N2O10S2/c1-17(2)20(28)33-9-7-26-23(31)35-15-25(5,22(30)37-19-13-38-11-6-12-39-14-19)16-36-24(32)27-8-10-34-21(29)18(3)4/h19H,1,3,6-16H2,2,4-5H3,(H,26,31)(H,27,32). The van der Waals surface area contributed by atoms with Crippen molar-refractivity contribution < 1.29 is 47.7 Å². The normalized spacial score (nSPS) is 14.0. The van der Waals surface area contributed by atoms with Crippen LogP contribution in [0.2, 0.25) is 0 Å². The Bertz CT molecular complexity index is 838. The van der Waals surface area contributed by atoms with Crippen LogP contribution in [0.3, 0.4) is 0 Å². The topological polar surface area (TPSA) is 156 Å². The highest BCUT2D eigenvalue weighted by Gasteiger charge is 2.40. The van der Waals surface area contributed by atoms with Crippen LogP contribution in [-0.4, -0.2) is 98.7 Å². The van der Waals surface area contributed by atoms with E-state index in [0.717, 1.165) is 17.9 Å². The highest BCUT2D eigenvalue weighted by Crippen LogP contribution is 2.25. The van der Waals surface area contributed by atoms with E-state index in [0.29, 0.717) is 11.5 Å². The van der Waals surface area contributed by atoms with Gasteiger partial charge in [-0.2, -0.15) is 23.5 Å². The van der Waals surface area contributed by atoms with Gasteiger partial charge in [0.2, 0.25) is 0 Å². The van der Waals surface area contributed by atoms with Crippen LogP contribution >= 0.6 is 23.5 Å². The molecule has 0 aliphatic carbocycles. The first-order valence-corrected chi connectivity index (χ1v) is 14.6. The highest BCUT2D eigenvalue weighted by molar-refractivity contribution is 8.00. The SMILES string of the molecule is C=C(C)C(=O)OCCNC(=O)OCC(C)(COC(=O)NCCOC(=O)C(=C)C)C(=O)OC1CSCCCSC1. The molecule has 0 spiro atoms. The molecule has 0 saturated carbocycles. The van der Waals surface area contributed by atoms with Crippen molar-refractivity contribution in [1.82, 2.24) is 10.6 Å². The lowest BCUT2D eigenvalue weighted by Gasteiger charge is -2.29. The maximum Gasteiger partial charge on any atom is 0.407 e. The first-order valence-electron chi connectivity index (χ1n) is 12.3. The zero-order chi connectivity index (χ0) is 29.3. The minimum atomic E-state index is -1.51. The third-order valence-electron chi connectivity index (χ3n) is 4.90. The molecule has 1 aliphatic heterocycles. The highest BCUT2D eigenvalue weighted by atomic mass is 32.2. The molecule has 14 heteroatoms. The number of nitrogens with one attached hydrogen (secondary N) is 2. The first-order chi connectivity index (χ1) is 18.4. The van der Waals surface area contributed by atoms with Gasteiger partial charge in [-0.15, -0.1) is 0 Å². The Kier molecular flexibility index (Phi) is 16.1. The van der Waals surface area contributed by atoms with E-state index in [2.05, 4.69) is 23.8 Å². The Morgan fingerprint density at radius 2 is 1.23 bits per heavy atom. The van der Waals surface area contributed by atoms with Crippen LogP contribution in [-0.2, 0) is 38.1 Å². The average molecular weight is 591 g/mol. The molecule has 0 aromatic carbocycles. The van der Waals surface area contributed by atoms with Gasteiger partial charge in [0.25, 0.3) is 0 Å². The van der Waals surface area contributed by atoms with Crippen LogP contribution in [0, 0.1) is 5.41 Å². The quantitative estimate of drug-likeness (QED) is 0.132. The zero-order valence-electron chi connectivity index (χ0n) is 22.7. The van der Waals surface area contributed by atoms with Crippen LogP contribution in [0.4, 0.5) is 9.59 Å². The summed E-state index contributed by atoms with van der Waals surface area (Å²) in [5.74, 6) is 1.33. The maximum absolute atomic E-state index is 13.2. The number of hydrogen-bond acceptors (Lipinski definition) is 12. The molecule has 1 rings (SSSR count). The molecule has 0 radical (unpaired) electrons. The van der Waals surface area contributed by atoms with Gasteiger partial charge >= 0.3 is 30.1 Å². The molecular formula is C25H38N2O10S2. The Balaban J connectivity index is 2.66. The van der Waals surface area contributed by atoms with Crippen LogP contribution in [0.1, 0.15) is 27.2 Å². The van der Waals surface area contributed by atoms with E-state index in [4.69, 9.17) is 23.7 Å². The Hall–Kier alpha value is -2.87. The summed E-state index contributed by atoms with van der Waals surface area (Å²) in [5.41, 5.74) is -1.06. The Labute approximate surface area is 237 Å². The first kappa shape index (κ1) is 34.2. The van der Waals surface area contributed by atoms with E-state index in [1.807, 2.05) is 0 Å². The smallest absolute Gasteiger partial charge is 0.407 e. The van der Waals surface area contributed by atoms with E-state index in [1.54, 1.807) is 23.5 Å². The lowest BCUT2D eigenvalue weighted by Crippen LogP contribution is -2.44. The van der Waals surface area contributed by atoms with Crippen molar-refractivity contribution in [2.24, 2.45) is 5.41 Å². The third-order valence-corrected chi connectivity index (χ3v) is 7.27. The number of esters is 3. The van der Waals surface area contributed by atoms with Gasteiger partial charge in [0.1, 0.15) is 37.9 Å². The van der Waals surface area contributed by atoms with Crippen molar-refractivity contribution in [1.29, 1.82) is 0 Å². The second-order valence-corrected chi connectivity index (χ2v) is 11.2. The molecule has 2 amide bonds. The monoisotopic (exact) mass is 590 g/mol. The average Bonchev–Trinajstić information content (AvgIpc) is 2.87. The van der Waals surface area contributed by atoms with Gasteiger partial charge in [0.15, 0.2) is 0 Å². The Morgan fingerprint density at radius 1 is 0.795 bits per heavy atom. The second-order valence-electron chi connectivity index (χ2n) is 8.93. The second kappa shape index (κ2) is 18.4. The van der Waals surface area contributed by atoms with Crippen molar-refractivity contribution in [3.8, 4) is 0 Å². The van der Waals surface area contributed by atoms with E-state index in [-0.39, 0.29) is 43.6 Å². The van der Waals surface area contributed by atoms with Gasteiger partial charge in [-0.25, -0.2) is 19.2 Å². The number of rotatable bonds is 14. The molecule has 0 aromatic rings. The minimum Gasteiger partial charge on any atom is -0.460 e. The van der Waals surface area contributed by atoms with Gasteiger partial charge in [-0.05, 0) is 38.7 Å². The number of thioether (sulfide) groups is 2. The van der Waals surface area contributed by atoms with Crippen molar-refractivity contribution in [2.75, 3.05) is 62.5 Å². The van der Waals surface area contributed by atoms with Crippen LogP contribution in [0.25, 0.3) is 0 Å². The number of ether oxygens (including phenoxy) is 5. The van der Waals surface area contributed by atoms with Crippen molar-refractivity contribution in [2.45, 2.75) is 33.3 Å². The lowest BCUT2D eigenvalue weighted by atomic mass is 9.93. The fourth-order valence-electron chi connectivity index (χ4n) is 2.65. The van der Waals surface area contributed by atoms with Crippen molar-refractivity contribution >= 4 is 53.6 Å². The summed E-state index contributed by atoms with van der Waals surface area (Å²) in [5, 5.41) is 4.81. The molecule has 220 valence electrons. The van der Waals surface area contributed by atoms with Crippen LogP contribution < -0.4 is 10.6 Å². The molecule has 0 bridgehead atoms. The number of hydrogen-bond donors (Lipinski definition) is 2. The summed E-state index contributed by atoms with van der Waals surface area (Å²) in [4.78, 5) is 60.3. The molecule has 2 N–H and O–H groups in total. The van der Waals surface area contributed by atoms with E-state index < -0.39 is 48.7 Å². The van der Waals surface area contributed by atoms with E-state index in [1.165, 1.54) is 20.8 Å². The summed E-state index contributed by atoms with van der Waals surface area (Å²) < 4.78 is 25.9. The lowest BCUT2D eigenvalue weighted by molar-refractivity contribution is -0.163. The molecular weight excluding hydrogens is 552 g/mol.